The molecule has 5 heteroatoms. The molecule has 0 aliphatic carbocycles. The second kappa shape index (κ2) is 8.59. The van der Waals surface area contributed by atoms with Gasteiger partial charge in [0, 0.05) is 0 Å². The van der Waals surface area contributed by atoms with Gasteiger partial charge in [0.15, 0.2) is 0 Å². The van der Waals surface area contributed by atoms with Gasteiger partial charge in [0.25, 0.3) is 0 Å². The molecule has 0 aromatic heterocycles. The fourth-order valence-corrected chi connectivity index (χ4v) is 1.70. The number of rotatable bonds is 2. The molecule has 0 N–H and O–H groups in total. The molecule has 0 saturated carbocycles. The molecule has 0 atom stereocenters. The molecule has 0 saturated heterocycles. The van der Waals surface area contributed by atoms with Crippen LogP contribution in [0, 0.1) is 13.8 Å². The molecule has 0 fully saturated rings. The summed E-state index contributed by atoms with van der Waals surface area (Å²) in [5.41, 5.74) is 3.13. The molecule has 0 aliphatic heterocycles. The van der Waals surface area contributed by atoms with Gasteiger partial charge in [-0.2, -0.15) is 0 Å². The quantitative estimate of drug-likeness (QED) is 0.372. The fourth-order valence-electron chi connectivity index (χ4n) is 1.27. The van der Waals surface area contributed by atoms with Crippen molar-refractivity contribution in [1.82, 2.24) is 2.89 Å². The van der Waals surface area contributed by atoms with Crippen molar-refractivity contribution in [2.45, 2.75) is 20.8 Å². The number of nitrogens with zero attached hydrogens (tertiary/aromatic N) is 1. The Kier molecular flexibility index (Phi) is 10.1. The Labute approximate surface area is 133 Å². The summed E-state index contributed by atoms with van der Waals surface area (Å²) in [5.74, 6) is 0.167. The Bertz CT molecular complexity index is 358. The van der Waals surface area contributed by atoms with Gasteiger partial charge in [-0.05, 0) is 0 Å². The summed E-state index contributed by atoms with van der Waals surface area (Å²) >= 11 is 0.788. The van der Waals surface area contributed by atoms with Crippen LogP contribution >= 0.6 is 0 Å². The molecular formula is C11H14Br2HfNO. The van der Waals surface area contributed by atoms with Crippen LogP contribution in [-0.2, 0) is 24.7 Å². The van der Waals surface area contributed by atoms with Crippen LogP contribution in [0.3, 0.4) is 0 Å². The number of carbonyl (C=O) groups excluding carboxylic acids is 1. The summed E-state index contributed by atoms with van der Waals surface area (Å²) in [4.78, 5) is 11.9. The number of carbonyl (C=O) groups is 1. The van der Waals surface area contributed by atoms with Gasteiger partial charge in [0.1, 0.15) is 0 Å². The molecular weight excluding hydrogens is 500 g/mol. The molecule has 1 rings (SSSR count). The molecule has 0 unspecified atom stereocenters. The minimum Gasteiger partial charge on any atom is -1.00 e. The van der Waals surface area contributed by atoms with Crippen LogP contribution in [-0.4, -0.2) is 15.3 Å². The van der Waals surface area contributed by atoms with Gasteiger partial charge in [-0.3, -0.25) is 0 Å². The monoisotopic (exact) mass is 514 g/mol. The number of halogens is 2. The third-order valence-corrected chi connectivity index (χ3v) is 4.26. The van der Waals surface area contributed by atoms with E-state index in [4.69, 9.17) is 0 Å². The van der Waals surface area contributed by atoms with Gasteiger partial charge in [-0.25, -0.2) is 0 Å². The minimum atomic E-state index is 0. The van der Waals surface area contributed by atoms with Crippen molar-refractivity contribution in [3.63, 3.8) is 0 Å². The van der Waals surface area contributed by atoms with Crippen LogP contribution in [0.1, 0.15) is 28.4 Å². The van der Waals surface area contributed by atoms with E-state index in [0.717, 1.165) is 42.3 Å². The zero-order valence-electron chi connectivity index (χ0n) is 9.55. The van der Waals surface area contributed by atoms with Crippen LogP contribution in [0.15, 0.2) is 18.2 Å². The van der Waals surface area contributed by atoms with Crippen molar-refractivity contribution in [2.75, 3.05) is 6.54 Å². The van der Waals surface area contributed by atoms with E-state index in [1.54, 1.807) is 0 Å². The van der Waals surface area contributed by atoms with Gasteiger partial charge in [0.05, 0.1) is 0 Å². The van der Waals surface area contributed by atoms with Gasteiger partial charge >= 0.3 is 100 Å². The molecule has 16 heavy (non-hydrogen) atoms. The summed E-state index contributed by atoms with van der Waals surface area (Å²) < 4.78 is 1.86. The summed E-state index contributed by atoms with van der Waals surface area (Å²) in [5, 5.41) is 0. The van der Waals surface area contributed by atoms with Gasteiger partial charge < -0.3 is 34.0 Å². The van der Waals surface area contributed by atoms with Crippen LogP contribution in [0.2, 0.25) is 0 Å². The Morgan fingerprint density at radius 2 is 1.88 bits per heavy atom. The molecule has 1 aromatic rings. The van der Waals surface area contributed by atoms with E-state index in [1.807, 2.05) is 41.9 Å². The topological polar surface area (TPSA) is 20.3 Å². The van der Waals surface area contributed by atoms with E-state index < -0.39 is 0 Å². The van der Waals surface area contributed by atoms with E-state index in [9.17, 15) is 4.79 Å². The Morgan fingerprint density at radius 1 is 1.31 bits per heavy atom. The van der Waals surface area contributed by atoms with Crippen LogP contribution in [0.5, 0.6) is 0 Å². The third kappa shape index (κ3) is 4.41. The van der Waals surface area contributed by atoms with Crippen molar-refractivity contribution < 1.29 is 63.4 Å². The predicted molar refractivity (Wildman–Crippen MR) is 52.6 cm³/mol. The first-order valence-electron chi connectivity index (χ1n) is 4.67. The summed E-state index contributed by atoms with van der Waals surface area (Å²) in [6, 6.07) is 5.89. The molecule has 0 bridgehead atoms. The standard InChI is InChI=1S/C11H15NO.2BrH.Hf/c1-4-12-11(13)10-7-5-6-8(2)9(10)3;;;/h5-7H,4H2,1-3H3,(H,12,13);2*1H;/q;;;+3/p-3. The second-order valence-corrected chi connectivity index (χ2v) is 5.24. The second-order valence-electron chi connectivity index (χ2n) is 3.30. The van der Waals surface area contributed by atoms with Crippen LogP contribution < -0.4 is 34.0 Å². The maximum atomic E-state index is 11.9. The van der Waals surface area contributed by atoms with Gasteiger partial charge in [-0.1, -0.05) is 0 Å². The molecule has 87 valence electrons. The van der Waals surface area contributed by atoms with E-state index >= 15 is 0 Å². The van der Waals surface area contributed by atoms with Crippen molar-refractivity contribution in [1.29, 1.82) is 0 Å². The number of amides is 1. The first kappa shape index (κ1) is 18.9. The van der Waals surface area contributed by atoms with Gasteiger partial charge in [-0.15, -0.1) is 0 Å². The fraction of sp³-hybridized carbons (Fsp3) is 0.364. The number of hydrogen-bond acceptors (Lipinski definition) is 1. The first-order valence-corrected chi connectivity index (χ1v) is 6.28. The average molecular weight is 515 g/mol. The molecule has 1 aromatic carbocycles. The normalized spacial score (nSPS) is 8.81. The minimum absolute atomic E-state index is 0. The van der Waals surface area contributed by atoms with E-state index in [1.165, 1.54) is 5.56 Å². The molecule has 0 heterocycles. The number of aryl methyl sites for hydroxylation is 1. The summed E-state index contributed by atoms with van der Waals surface area (Å²) in [7, 11) is 0. The number of benzene rings is 1. The maximum Gasteiger partial charge on any atom is -1.00 e. The van der Waals surface area contributed by atoms with Crippen molar-refractivity contribution in [3.8, 4) is 0 Å². The Balaban J connectivity index is 0. The van der Waals surface area contributed by atoms with Crippen molar-refractivity contribution >= 4 is 5.91 Å². The molecule has 0 aliphatic rings. The zero-order valence-corrected chi connectivity index (χ0v) is 16.3. The van der Waals surface area contributed by atoms with Gasteiger partial charge in [0.2, 0.25) is 0 Å². The Hall–Kier alpha value is 0.520. The first-order chi connectivity index (χ1) is 6.57. The molecule has 0 radical (unpaired) electrons. The van der Waals surface area contributed by atoms with Crippen LogP contribution in [0.4, 0.5) is 0 Å². The van der Waals surface area contributed by atoms with E-state index in [0.29, 0.717) is 0 Å². The summed E-state index contributed by atoms with van der Waals surface area (Å²) in [6.07, 6.45) is 0. The molecule has 0 spiro atoms. The zero-order chi connectivity index (χ0) is 10.7. The number of hydrogen-bond donors (Lipinski definition) is 0. The SMILES string of the molecule is CC[N]([Hf+2])C(=O)c1cccc(C)c1C.[Br-].[Br-]. The molecule has 1 amide bonds. The maximum absolute atomic E-state index is 11.9. The predicted octanol–water partition coefficient (Wildman–Crippen LogP) is -3.76. The molecule has 2 nitrogen and oxygen atoms in total. The summed E-state index contributed by atoms with van der Waals surface area (Å²) in [6.45, 7) is 6.86. The average Bonchev–Trinajstić information content (AvgIpc) is 2.20. The Morgan fingerprint density at radius 3 is 2.38 bits per heavy atom. The smallest absolute Gasteiger partial charge is 1.00 e. The van der Waals surface area contributed by atoms with Crippen molar-refractivity contribution in [3.05, 3.63) is 34.9 Å². The van der Waals surface area contributed by atoms with Crippen LogP contribution in [0.25, 0.3) is 0 Å². The van der Waals surface area contributed by atoms with E-state index in [-0.39, 0.29) is 39.9 Å². The van der Waals surface area contributed by atoms with E-state index in [2.05, 4.69) is 0 Å². The van der Waals surface area contributed by atoms with Crippen molar-refractivity contribution in [2.24, 2.45) is 0 Å². The largest absolute Gasteiger partial charge is 1.00 e. The third-order valence-electron chi connectivity index (χ3n) is 2.40.